The van der Waals surface area contributed by atoms with Crippen molar-refractivity contribution in [3.63, 3.8) is 0 Å². The van der Waals surface area contributed by atoms with Gasteiger partial charge in [-0.2, -0.15) is 28.3 Å². The van der Waals surface area contributed by atoms with E-state index in [0.717, 1.165) is 111 Å². The van der Waals surface area contributed by atoms with Gasteiger partial charge in [-0.1, -0.05) is 47.4 Å². The standard InChI is InChI=1S/C19H13N6.2C14H11N6.C13H8N5O/c1-2-7-14(8-3-1)25-17-15-13(6-4-9-20-15)12-24(17)16-18(25)23-11-5-10-21-19(23)22-16;2*1-18-12-10-9(4-2-5-15-10)8-20(12)11-13(18)19-7-3-6-16-14(19)17-11;1-3-8-7-18-10-12(19-11(18)9(8)14-4-1)17-6-2-5-15-13(17)16-10/h1-11H,12H2;2*2-7H,8H2,1H3;1-6H,7H2/q4*+1/i;1D3;;. The van der Waals surface area contributed by atoms with Crippen LogP contribution in [0.15, 0.2) is 182 Å². The first-order valence-electron chi connectivity index (χ1n) is 28.5. The molecular weight excluding hydrogens is 1060 g/mol. The quantitative estimate of drug-likeness (QED) is 0.188. The molecule has 24 nitrogen and oxygen atoms in total. The van der Waals surface area contributed by atoms with Gasteiger partial charge in [-0.05, 0) is 60.7 Å². The molecule has 17 aromatic rings. The summed E-state index contributed by atoms with van der Waals surface area (Å²) in [5.74, 6) is 6.07. The van der Waals surface area contributed by atoms with Gasteiger partial charge < -0.3 is 4.42 Å². The van der Waals surface area contributed by atoms with Gasteiger partial charge in [-0.15, -0.1) is 0 Å². The monoisotopic (exact) mass is 1100 g/mol. The van der Waals surface area contributed by atoms with Crippen molar-refractivity contribution >= 4 is 68.4 Å². The second kappa shape index (κ2) is 17.3. The van der Waals surface area contributed by atoms with Crippen LogP contribution >= 0.6 is 0 Å². The van der Waals surface area contributed by atoms with E-state index in [2.05, 4.69) is 110 Å². The number of hydrogen-bond donors (Lipinski definition) is 0. The van der Waals surface area contributed by atoms with Crippen molar-refractivity contribution in [3.8, 4) is 51.8 Å². The number of para-hydroxylation sites is 1. The van der Waals surface area contributed by atoms with E-state index < -0.39 is 6.98 Å². The SMILES string of the molecule is C[n+]1c2n(c3nc4ncccn4c31)Cc1cccnc1-2.[2H]C([2H])([2H])[n+]1c2n(c3nc4ncccn4c31)Cc1cccnc1-2.c1ccc(-n2c3[n+](c4nc5ncccn5c42)Cc2cccnc2-3)cc1.c1cnc2c(c1)C[n+]1c-2oc2c1nc1ncccn12. The maximum Gasteiger partial charge on any atom is 0.392 e. The Morgan fingerprint density at radius 1 is 0.440 bits per heavy atom. The van der Waals surface area contributed by atoms with Crippen LogP contribution in [0.3, 0.4) is 0 Å². The molecule has 0 N–H and O–H groups in total. The molecule has 24 heteroatoms. The van der Waals surface area contributed by atoms with E-state index in [4.69, 9.17) is 13.5 Å². The zero-order chi connectivity index (χ0) is 57.8. The highest BCUT2D eigenvalue weighted by atomic mass is 16.4. The van der Waals surface area contributed by atoms with Gasteiger partial charge in [-0.25, -0.2) is 71.1 Å². The molecule has 400 valence electrons. The first kappa shape index (κ1) is 43.0. The van der Waals surface area contributed by atoms with Gasteiger partial charge in [0.05, 0.1) is 50.2 Å². The predicted octanol–water partition coefficient (Wildman–Crippen LogP) is 5.44. The molecule has 4 aliphatic rings. The Morgan fingerprint density at radius 3 is 1.54 bits per heavy atom. The number of rotatable bonds is 1. The van der Waals surface area contributed by atoms with E-state index in [0.29, 0.717) is 46.7 Å². The van der Waals surface area contributed by atoms with Gasteiger partial charge in [0.15, 0.2) is 5.69 Å². The zero-order valence-corrected chi connectivity index (χ0v) is 44.3. The molecule has 0 saturated heterocycles. The first-order valence-corrected chi connectivity index (χ1v) is 27.0. The largest absolute Gasteiger partial charge is 0.395 e. The van der Waals surface area contributed by atoms with E-state index in [9.17, 15) is 0 Å². The minimum absolute atomic E-state index is 0.481. The molecule has 0 saturated carbocycles. The third-order valence-corrected chi connectivity index (χ3v) is 15.9. The van der Waals surface area contributed by atoms with Crippen LogP contribution in [-0.4, -0.2) is 91.1 Å². The summed E-state index contributed by atoms with van der Waals surface area (Å²) in [6, 6.07) is 33.8. The van der Waals surface area contributed by atoms with Crippen molar-refractivity contribution in [1.82, 2.24) is 91.1 Å². The number of benzene rings is 1. The predicted molar refractivity (Wildman–Crippen MR) is 302 cm³/mol. The van der Waals surface area contributed by atoms with E-state index >= 15 is 0 Å². The molecule has 1 aromatic carbocycles. The summed E-state index contributed by atoms with van der Waals surface area (Å²) in [6.07, 6.45) is 21.7. The molecule has 0 radical (unpaired) electrons. The van der Waals surface area contributed by atoms with Crippen molar-refractivity contribution < 1.29 is 26.8 Å². The number of fused-ring (bicyclic) bond motifs is 28. The Kier molecular flexibility index (Phi) is 8.89. The minimum atomic E-state index is -2.34. The lowest BCUT2D eigenvalue weighted by molar-refractivity contribution is -0.651. The van der Waals surface area contributed by atoms with Crippen molar-refractivity contribution in [2.24, 2.45) is 14.0 Å². The molecule has 0 unspecified atom stereocenters. The van der Waals surface area contributed by atoms with Crippen LogP contribution in [0.2, 0.25) is 0 Å². The normalized spacial score (nSPS) is 13.6. The first-order chi connectivity index (χ1) is 42.7. The lowest BCUT2D eigenvalue weighted by Gasteiger charge is -2.03. The third kappa shape index (κ3) is 6.45. The van der Waals surface area contributed by atoms with Crippen molar-refractivity contribution in [2.45, 2.75) is 26.2 Å². The highest BCUT2D eigenvalue weighted by Gasteiger charge is 2.40. The van der Waals surface area contributed by atoms with E-state index in [1.54, 1.807) is 53.8 Å². The Morgan fingerprint density at radius 2 is 0.917 bits per heavy atom. The molecular formula is C60H43N23O+4. The molecule has 16 aromatic heterocycles. The molecule has 0 fully saturated rings. The van der Waals surface area contributed by atoms with Gasteiger partial charge in [0.1, 0.15) is 29.3 Å². The number of aromatic nitrogens is 23. The summed E-state index contributed by atoms with van der Waals surface area (Å²) in [6.45, 7) is 0.555. The van der Waals surface area contributed by atoms with Crippen LogP contribution in [0.5, 0.6) is 0 Å². The summed E-state index contributed by atoms with van der Waals surface area (Å²) in [7, 11) is 2.05. The van der Waals surface area contributed by atoms with Crippen LogP contribution in [0.25, 0.3) is 120 Å². The van der Waals surface area contributed by atoms with Gasteiger partial charge in [0, 0.05) is 89.2 Å². The number of oxazole rings is 1. The van der Waals surface area contributed by atoms with E-state index in [1.807, 2.05) is 120 Å². The molecule has 0 aliphatic carbocycles. The second-order valence-electron chi connectivity index (χ2n) is 20.5. The van der Waals surface area contributed by atoms with E-state index in [-0.39, 0.29) is 0 Å². The van der Waals surface area contributed by atoms with Crippen LogP contribution in [0.1, 0.15) is 26.4 Å². The summed E-state index contributed by atoms with van der Waals surface area (Å²) in [5, 5.41) is 0. The lowest BCUT2D eigenvalue weighted by atomic mass is 10.2. The smallest absolute Gasteiger partial charge is 0.392 e. The Balaban J connectivity index is 0.0000000877. The third-order valence-electron chi connectivity index (χ3n) is 15.9. The van der Waals surface area contributed by atoms with Crippen molar-refractivity contribution in [1.29, 1.82) is 0 Å². The lowest BCUT2D eigenvalue weighted by Crippen LogP contribution is -2.31. The fourth-order valence-corrected chi connectivity index (χ4v) is 12.3. The highest BCUT2D eigenvalue weighted by Crippen LogP contribution is 2.35. The fourth-order valence-electron chi connectivity index (χ4n) is 12.3. The molecule has 21 rings (SSSR count). The maximum absolute atomic E-state index is 7.99. The number of imidazole rings is 7. The minimum Gasteiger partial charge on any atom is -0.395 e. The Bertz CT molecular complexity index is 5710. The van der Waals surface area contributed by atoms with Crippen LogP contribution in [0, 0.1) is 0 Å². The molecule has 0 bridgehead atoms. The molecule has 84 heavy (non-hydrogen) atoms. The summed E-state index contributed by atoms with van der Waals surface area (Å²) < 4.78 is 51.6. The number of nitrogens with zero attached hydrogens (tertiary/aromatic N) is 23. The second-order valence-corrected chi connectivity index (χ2v) is 20.5. The number of hydrogen-bond acceptors (Lipinski definition) is 13. The van der Waals surface area contributed by atoms with Gasteiger partial charge in [0.25, 0.3) is 57.3 Å². The molecule has 0 spiro atoms. The molecule has 4 aliphatic heterocycles. The summed E-state index contributed by atoms with van der Waals surface area (Å²) >= 11 is 0. The highest BCUT2D eigenvalue weighted by molar-refractivity contribution is 5.79. The molecule has 0 amide bonds. The number of pyridine rings is 4. The average Bonchev–Trinajstić information content (AvgIpc) is 1.60. The summed E-state index contributed by atoms with van der Waals surface area (Å²) in [5.41, 5.74) is 16.0. The topological polar surface area (TPSA) is 216 Å². The van der Waals surface area contributed by atoms with Gasteiger partial charge >= 0.3 is 34.5 Å². The fraction of sp³-hybridized carbons (Fsp3) is 0.100. The number of aryl methyl sites for hydroxylation is 2. The Labute approximate surface area is 476 Å². The van der Waals surface area contributed by atoms with Crippen LogP contribution < -0.4 is 18.3 Å². The van der Waals surface area contributed by atoms with E-state index in [1.165, 1.54) is 15.7 Å². The maximum atomic E-state index is 7.99. The van der Waals surface area contributed by atoms with Crippen LogP contribution in [0.4, 0.5) is 0 Å². The van der Waals surface area contributed by atoms with Crippen molar-refractivity contribution in [2.75, 3.05) is 0 Å². The van der Waals surface area contributed by atoms with Crippen LogP contribution in [-0.2, 0) is 40.2 Å². The molecule has 0 atom stereocenters. The summed E-state index contributed by atoms with van der Waals surface area (Å²) in [4.78, 5) is 53.6. The molecule has 20 heterocycles. The average molecular weight is 1110 g/mol. The Hall–Kier alpha value is -11.8. The zero-order valence-electron chi connectivity index (χ0n) is 47.3. The van der Waals surface area contributed by atoms with Gasteiger partial charge in [-0.3, -0.25) is 0 Å². The van der Waals surface area contributed by atoms with Crippen molar-refractivity contribution in [3.05, 3.63) is 200 Å². The van der Waals surface area contributed by atoms with Gasteiger partial charge in [0.2, 0.25) is 0 Å².